The van der Waals surface area contributed by atoms with Gasteiger partial charge in [0.2, 0.25) is 0 Å². The highest BCUT2D eigenvalue weighted by Gasteiger charge is 2.02. The fourth-order valence-corrected chi connectivity index (χ4v) is 1.63. The quantitative estimate of drug-likeness (QED) is 0.701. The Morgan fingerprint density at radius 1 is 1.31 bits per heavy atom. The minimum atomic E-state index is 0.609. The number of para-hydroxylation sites is 1. The Bertz CT molecular complexity index is 585. The molecule has 80 valence electrons. The number of anilines is 1. The number of benzene rings is 1. The molecule has 2 heterocycles. The third-order valence-electron chi connectivity index (χ3n) is 2.41. The van der Waals surface area contributed by atoms with E-state index in [0.717, 1.165) is 22.4 Å². The van der Waals surface area contributed by atoms with E-state index in [-0.39, 0.29) is 0 Å². The third-order valence-corrected chi connectivity index (χ3v) is 2.41. The van der Waals surface area contributed by atoms with Crippen LogP contribution in [0.3, 0.4) is 0 Å². The van der Waals surface area contributed by atoms with Gasteiger partial charge in [-0.25, -0.2) is 4.98 Å². The van der Waals surface area contributed by atoms with Crippen LogP contribution in [-0.2, 0) is 6.54 Å². The number of nitrogens with one attached hydrogen (secondary N) is 2. The van der Waals surface area contributed by atoms with Crippen molar-refractivity contribution in [2.45, 2.75) is 6.54 Å². The summed E-state index contributed by atoms with van der Waals surface area (Å²) in [6.07, 6.45) is 4.92. The van der Waals surface area contributed by atoms with E-state index in [4.69, 9.17) is 4.42 Å². The lowest BCUT2D eigenvalue weighted by molar-refractivity contribution is 0.512. The maximum atomic E-state index is 5.15. The molecule has 0 atom stereocenters. The second-order valence-corrected chi connectivity index (χ2v) is 3.46. The van der Waals surface area contributed by atoms with Gasteiger partial charge in [-0.05, 0) is 6.07 Å². The van der Waals surface area contributed by atoms with Crippen LogP contribution in [0.5, 0.6) is 0 Å². The van der Waals surface area contributed by atoms with Crippen LogP contribution in [0.1, 0.15) is 5.76 Å². The normalized spacial score (nSPS) is 10.8. The molecule has 0 aliphatic carbocycles. The van der Waals surface area contributed by atoms with Crippen LogP contribution in [0, 0.1) is 0 Å². The zero-order valence-corrected chi connectivity index (χ0v) is 8.47. The van der Waals surface area contributed by atoms with Crippen molar-refractivity contribution in [1.82, 2.24) is 15.2 Å². The van der Waals surface area contributed by atoms with E-state index >= 15 is 0 Å². The Morgan fingerprint density at radius 2 is 2.31 bits per heavy atom. The van der Waals surface area contributed by atoms with Gasteiger partial charge in [0.25, 0.3) is 0 Å². The lowest BCUT2D eigenvalue weighted by Crippen LogP contribution is -1.98. The first kappa shape index (κ1) is 8.96. The molecule has 3 rings (SSSR count). The minimum absolute atomic E-state index is 0.609. The lowest BCUT2D eigenvalue weighted by Gasteiger charge is -2.04. The Kier molecular flexibility index (Phi) is 2.07. The van der Waals surface area contributed by atoms with E-state index in [2.05, 4.69) is 20.5 Å². The fourth-order valence-electron chi connectivity index (χ4n) is 1.63. The molecule has 16 heavy (non-hydrogen) atoms. The van der Waals surface area contributed by atoms with Gasteiger partial charge in [0.1, 0.15) is 5.76 Å². The number of aromatic amines is 1. The van der Waals surface area contributed by atoms with Crippen molar-refractivity contribution in [3.8, 4) is 0 Å². The summed E-state index contributed by atoms with van der Waals surface area (Å²) in [5, 5.41) is 11.3. The molecular formula is C11H10N4O. The molecule has 5 heteroatoms. The first-order chi connectivity index (χ1) is 7.93. The number of hydrogen-bond acceptors (Lipinski definition) is 4. The molecule has 0 saturated carbocycles. The maximum Gasteiger partial charge on any atom is 0.180 e. The number of H-pyrrole nitrogens is 1. The number of fused-ring (bicyclic) bond motifs is 1. The van der Waals surface area contributed by atoms with Crippen LogP contribution in [0.25, 0.3) is 10.9 Å². The molecule has 0 amide bonds. The molecule has 0 saturated heterocycles. The molecule has 3 aromatic rings. The second kappa shape index (κ2) is 3.69. The van der Waals surface area contributed by atoms with Crippen molar-refractivity contribution in [1.29, 1.82) is 0 Å². The van der Waals surface area contributed by atoms with Gasteiger partial charge >= 0.3 is 0 Å². The monoisotopic (exact) mass is 214 g/mol. The van der Waals surface area contributed by atoms with E-state index in [1.54, 1.807) is 12.4 Å². The molecule has 0 aliphatic rings. The summed E-state index contributed by atoms with van der Waals surface area (Å²) in [6.45, 7) is 0.609. The van der Waals surface area contributed by atoms with Gasteiger partial charge in [0, 0.05) is 5.39 Å². The van der Waals surface area contributed by atoms with Crippen molar-refractivity contribution >= 4 is 16.6 Å². The van der Waals surface area contributed by atoms with Crippen molar-refractivity contribution in [3.63, 3.8) is 0 Å². The average molecular weight is 214 g/mol. The van der Waals surface area contributed by atoms with Gasteiger partial charge < -0.3 is 9.73 Å². The predicted molar refractivity (Wildman–Crippen MR) is 59.9 cm³/mol. The van der Waals surface area contributed by atoms with Crippen LogP contribution >= 0.6 is 0 Å². The zero-order valence-electron chi connectivity index (χ0n) is 8.47. The van der Waals surface area contributed by atoms with Crippen LogP contribution < -0.4 is 5.32 Å². The second-order valence-electron chi connectivity index (χ2n) is 3.46. The Morgan fingerprint density at radius 3 is 3.19 bits per heavy atom. The molecule has 5 nitrogen and oxygen atoms in total. The van der Waals surface area contributed by atoms with E-state index in [1.807, 2.05) is 18.2 Å². The first-order valence-corrected chi connectivity index (χ1v) is 4.97. The maximum absolute atomic E-state index is 5.15. The highest BCUT2D eigenvalue weighted by atomic mass is 16.3. The molecule has 0 bridgehead atoms. The summed E-state index contributed by atoms with van der Waals surface area (Å²) < 4.78 is 5.15. The van der Waals surface area contributed by atoms with E-state index in [9.17, 15) is 0 Å². The molecule has 0 fully saturated rings. The largest absolute Gasteiger partial charge is 0.447 e. The van der Waals surface area contributed by atoms with Crippen LogP contribution in [-0.4, -0.2) is 15.2 Å². The standard InChI is InChI=1S/C11H10N4O/c1-2-8-4-14-15-11(8)10(3-1)13-6-9-5-12-7-16-9/h1-5,7,13H,6H2,(H,14,15). The van der Waals surface area contributed by atoms with Crippen molar-refractivity contribution in [3.05, 3.63) is 42.7 Å². The molecule has 2 N–H and O–H groups in total. The van der Waals surface area contributed by atoms with Gasteiger partial charge in [-0.15, -0.1) is 0 Å². The number of nitrogens with zero attached hydrogens (tertiary/aromatic N) is 2. The highest BCUT2D eigenvalue weighted by Crippen LogP contribution is 2.20. The smallest absolute Gasteiger partial charge is 0.180 e. The summed E-state index contributed by atoms with van der Waals surface area (Å²) >= 11 is 0. The average Bonchev–Trinajstić information content (AvgIpc) is 2.97. The summed E-state index contributed by atoms with van der Waals surface area (Å²) in [7, 11) is 0. The summed E-state index contributed by atoms with van der Waals surface area (Å²) in [6, 6.07) is 6.00. The number of oxazole rings is 1. The predicted octanol–water partition coefficient (Wildman–Crippen LogP) is 2.16. The van der Waals surface area contributed by atoms with E-state index in [0.29, 0.717) is 6.54 Å². The molecule has 0 aliphatic heterocycles. The molecule has 1 aromatic carbocycles. The van der Waals surface area contributed by atoms with E-state index < -0.39 is 0 Å². The summed E-state index contributed by atoms with van der Waals surface area (Å²) in [5.74, 6) is 0.802. The number of aromatic nitrogens is 3. The lowest BCUT2D eigenvalue weighted by atomic mass is 10.2. The Hall–Kier alpha value is -2.30. The van der Waals surface area contributed by atoms with E-state index in [1.165, 1.54) is 6.39 Å². The SMILES string of the molecule is c1cc(NCc2cnco2)c2[nH]ncc2c1. The van der Waals surface area contributed by atoms with Gasteiger partial charge in [-0.2, -0.15) is 5.10 Å². The number of rotatable bonds is 3. The third kappa shape index (κ3) is 1.52. The van der Waals surface area contributed by atoms with Gasteiger partial charge in [-0.1, -0.05) is 12.1 Å². The fraction of sp³-hybridized carbons (Fsp3) is 0.0909. The molecule has 0 unspecified atom stereocenters. The van der Waals surface area contributed by atoms with Gasteiger partial charge in [0.15, 0.2) is 6.39 Å². The summed E-state index contributed by atoms with van der Waals surface area (Å²) in [5.41, 5.74) is 2.01. The Labute approximate surface area is 91.5 Å². The van der Waals surface area contributed by atoms with Crippen LogP contribution in [0.15, 0.2) is 41.4 Å². The molecule has 2 aromatic heterocycles. The zero-order chi connectivity index (χ0) is 10.8. The van der Waals surface area contributed by atoms with Crippen LogP contribution in [0.4, 0.5) is 5.69 Å². The van der Waals surface area contributed by atoms with Gasteiger partial charge in [0.05, 0.1) is 30.1 Å². The first-order valence-electron chi connectivity index (χ1n) is 4.97. The van der Waals surface area contributed by atoms with Crippen molar-refractivity contribution in [2.24, 2.45) is 0 Å². The van der Waals surface area contributed by atoms with Gasteiger partial charge in [-0.3, -0.25) is 5.10 Å². The molecule has 0 radical (unpaired) electrons. The Balaban J connectivity index is 1.86. The summed E-state index contributed by atoms with van der Waals surface area (Å²) in [4.78, 5) is 3.86. The molecular weight excluding hydrogens is 204 g/mol. The minimum Gasteiger partial charge on any atom is -0.447 e. The topological polar surface area (TPSA) is 66.7 Å². The number of hydrogen-bond donors (Lipinski definition) is 2. The molecule has 0 spiro atoms. The van der Waals surface area contributed by atoms with Crippen LogP contribution in [0.2, 0.25) is 0 Å². The van der Waals surface area contributed by atoms with Crippen molar-refractivity contribution < 1.29 is 4.42 Å². The highest BCUT2D eigenvalue weighted by molar-refractivity contribution is 5.89. The van der Waals surface area contributed by atoms with Crippen molar-refractivity contribution in [2.75, 3.05) is 5.32 Å².